The van der Waals surface area contributed by atoms with Crippen LogP contribution in [0.2, 0.25) is 0 Å². The maximum Gasteiger partial charge on any atom is 0.119 e. The third-order valence-corrected chi connectivity index (χ3v) is 5.42. The topological polar surface area (TPSA) is 9.23 Å². The lowest BCUT2D eigenvalue weighted by molar-refractivity contribution is 0.305. The number of hydrogen-bond donors (Lipinski definition) is 0. The van der Waals surface area contributed by atoms with E-state index in [9.17, 15) is 0 Å². The van der Waals surface area contributed by atoms with Gasteiger partial charge < -0.3 is 4.74 Å². The molecule has 0 aromatic heterocycles. The minimum Gasteiger partial charge on any atom is -0.494 e. The Morgan fingerprint density at radius 1 is 0.586 bits per heavy atom. The third kappa shape index (κ3) is 5.97. The number of unbranched alkanes of at least 4 members (excludes halogenated alkanes) is 3. The van der Waals surface area contributed by atoms with E-state index in [1.165, 1.54) is 47.1 Å². The van der Waals surface area contributed by atoms with Crippen LogP contribution < -0.4 is 4.74 Å². The second-order valence-corrected chi connectivity index (χ2v) is 8.84. The highest BCUT2D eigenvalue weighted by Crippen LogP contribution is 2.28. The zero-order valence-corrected chi connectivity index (χ0v) is 18.4. The molecule has 0 unspecified atom stereocenters. The molecular formula is C28H34O. The Morgan fingerprint density at radius 3 is 1.48 bits per heavy atom. The first-order valence-corrected chi connectivity index (χ1v) is 10.9. The average Bonchev–Trinajstić information content (AvgIpc) is 2.74. The molecule has 1 nitrogen and oxygen atoms in total. The zero-order chi connectivity index (χ0) is 20.7. The molecule has 0 bridgehead atoms. The minimum atomic E-state index is 0.188. The van der Waals surface area contributed by atoms with E-state index in [1.54, 1.807) is 0 Å². The van der Waals surface area contributed by atoms with Gasteiger partial charge in [-0.05, 0) is 51.8 Å². The molecule has 0 N–H and O–H groups in total. The molecule has 0 atom stereocenters. The fraction of sp³-hybridized carbons (Fsp3) is 0.357. The highest BCUT2D eigenvalue weighted by molar-refractivity contribution is 5.70. The van der Waals surface area contributed by atoms with Crippen molar-refractivity contribution in [3.05, 3.63) is 78.4 Å². The van der Waals surface area contributed by atoms with Gasteiger partial charge in [0.15, 0.2) is 0 Å². The number of benzene rings is 3. The van der Waals surface area contributed by atoms with Gasteiger partial charge in [-0.25, -0.2) is 0 Å². The standard InChI is InChI=1S/C28H34O/c1-5-6-7-8-21-29-27-19-15-25(16-20-27)23-11-9-22(10-12-23)24-13-17-26(18-14-24)28(2,3)4/h9-20H,5-8,21H2,1-4H3. The largest absolute Gasteiger partial charge is 0.494 e. The number of ether oxygens (including phenoxy) is 1. The van der Waals surface area contributed by atoms with E-state index in [0.717, 1.165) is 18.8 Å². The predicted molar refractivity (Wildman–Crippen MR) is 126 cm³/mol. The first kappa shape index (κ1) is 21.2. The number of hydrogen-bond acceptors (Lipinski definition) is 1. The molecular weight excluding hydrogens is 352 g/mol. The van der Waals surface area contributed by atoms with Crippen molar-refractivity contribution in [3.8, 4) is 28.0 Å². The molecule has 29 heavy (non-hydrogen) atoms. The molecule has 0 radical (unpaired) electrons. The Hall–Kier alpha value is -2.54. The van der Waals surface area contributed by atoms with Crippen LogP contribution in [-0.2, 0) is 5.41 Å². The summed E-state index contributed by atoms with van der Waals surface area (Å²) in [6.45, 7) is 9.79. The summed E-state index contributed by atoms with van der Waals surface area (Å²) in [6, 6.07) is 26.2. The highest BCUT2D eigenvalue weighted by Gasteiger charge is 2.13. The van der Waals surface area contributed by atoms with Gasteiger partial charge in [-0.2, -0.15) is 0 Å². The first-order chi connectivity index (χ1) is 14.0. The van der Waals surface area contributed by atoms with Crippen molar-refractivity contribution in [1.29, 1.82) is 0 Å². The quantitative estimate of drug-likeness (QED) is 0.354. The van der Waals surface area contributed by atoms with Crippen LogP contribution in [0.1, 0.15) is 58.9 Å². The summed E-state index contributed by atoms with van der Waals surface area (Å²) >= 11 is 0. The summed E-state index contributed by atoms with van der Waals surface area (Å²) in [7, 11) is 0. The summed E-state index contributed by atoms with van der Waals surface area (Å²) in [4.78, 5) is 0. The molecule has 3 rings (SSSR count). The average molecular weight is 387 g/mol. The van der Waals surface area contributed by atoms with Crippen LogP contribution in [-0.4, -0.2) is 6.61 Å². The lowest BCUT2D eigenvalue weighted by Gasteiger charge is -2.19. The Bertz CT molecular complexity index is 866. The predicted octanol–water partition coefficient (Wildman–Crippen LogP) is 8.28. The molecule has 3 aromatic carbocycles. The fourth-order valence-electron chi connectivity index (χ4n) is 3.48. The van der Waals surface area contributed by atoms with Gasteiger partial charge in [0, 0.05) is 0 Å². The lowest BCUT2D eigenvalue weighted by Crippen LogP contribution is -2.10. The van der Waals surface area contributed by atoms with Crippen molar-refractivity contribution in [2.45, 2.75) is 58.8 Å². The molecule has 0 aliphatic heterocycles. The fourth-order valence-corrected chi connectivity index (χ4v) is 3.48. The zero-order valence-electron chi connectivity index (χ0n) is 18.4. The van der Waals surface area contributed by atoms with E-state index < -0.39 is 0 Å². The van der Waals surface area contributed by atoms with Crippen molar-refractivity contribution in [3.63, 3.8) is 0 Å². The summed E-state index contributed by atoms with van der Waals surface area (Å²) in [5.74, 6) is 0.959. The minimum absolute atomic E-state index is 0.188. The van der Waals surface area contributed by atoms with Crippen LogP contribution in [0.25, 0.3) is 22.3 Å². The van der Waals surface area contributed by atoms with Crippen molar-refractivity contribution in [2.75, 3.05) is 6.61 Å². The molecule has 0 saturated heterocycles. The van der Waals surface area contributed by atoms with Gasteiger partial charge in [-0.15, -0.1) is 0 Å². The summed E-state index contributed by atoms with van der Waals surface area (Å²) in [5, 5.41) is 0. The molecule has 1 heteroatoms. The molecule has 0 aliphatic rings. The second-order valence-electron chi connectivity index (χ2n) is 8.84. The van der Waals surface area contributed by atoms with E-state index in [4.69, 9.17) is 4.74 Å². The Labute approximate surface area is 176 Å². The van der Waals surface area contributed by atoms with Crippen molar-refractivity contribution < 1.29 is 4.74 Å². The van der Waals surface area contributed by atoms with Crippen molar-refractivity contribution in [2.24, 2.45) is 0 Å². The Balaban J connectivity index is 1.62. The van der Waals surface area contributed by atoms with Gasteiger partial charge in [0.05, 0.1) is 6.61 Å². The molecule has 0 heterocycles. The smallest absolute Gasteiger partial charge is 0.119 e. The molecule has 0 spiro atoms. The van der Waals surface area contributed by atoms with E-state index in [1.807, 2.05) is 0 Å². The van der Waals surface area contributed by atoms with Gasteiger partial charge in [0.1, 0.15) is 5.75 Å². The van der Waals surface area contributed by atoms with Gasteiger partial charge in [0.25, 0.3) is 0 Å². The van der Waals surface area contributed by atoms with E-state index in [-0.39, 0.29) is 5.41 Å². The van der Waals surface area contributed by atoms with E-state index >= 15 is 0 Å². The van der Waals surface area contributed by atoms with Crippen molar-refractivity contribution >= 4 is 0 Å². The van der Waals surface area contributed by atoms with Crippen LogP contribution in [0.4, 0.5) is 0 Å². The third-order valence-electron chi connectivity index (χ3n) is 5.42. The van der Waals surface area contributed by atoms with Crippen LogP contribution >= 0.6 is 0 Å². The second kappa shape index (κ2) is 9.78. The lowest BCUT2D eigenvalue weighted by atomic mass is 9.86. The van der Waals surface area contributed by atoms with E-state index in [0.29, 0.717) is 0 Å². The van der Waals surface area contributed by atoms with E-state index in [2.05, 4.69) is 100 Å². The van der Waals surface area contributed by atoms with Crippen LogP contribution in [0.3, 0.4) is 0 Å². The Kier molecular flexibility index (Phi) is 7.14. The first-order valence-electron chi connectivity index (χ1n) is 10.9. The van der Waals surface area contributed by atoms with Gasteiger partial charge >= 0.3 is 0 Å². The molecule has 0 aliphatic carbocycles. The maximum absolute atomic E-state index is 5.85. The summed E-state index contributed by atoms with van der Waals surface area (Å²) in [5.41, 5.74) is 6.52. The van der Waals surface area contributed by atoms with Gasteiger partial charge in [-0.3, -0.25) is 0 Å². The van der Waals surface area contributed by atoms with Gasteiger partial charge in [-0.1, -0.05) is 108 Å². The molecule has 0 fully saturated rings. The van der Waals surface area contributed by atoms with Crippen molar-refractivity contribution in [1.82, 2.24) is 0 Å². The van der Waals surface area contributed by atoms with Crippen LogP contribution in [0.15, 0.2) is 72.8 Å². The SMILES string of the molecule is CCCCCCOc1ccc(-c2ccc(-c3ccc(C(C)(C)C)cc3)cc2)cc1. The van der Waals surface area contributed by atoms with Crippen LogP contribution in [0, 0.1) is 0 Å². The molecule has 3 aromatic rings. The summed E-state index contributed by atoms with van der Waals surface area (Å²) in [6.07, 6.45) is 4.93. The molecule has 0 amide bonds. The normalized spacial score (nSPS) is 11.4. The summed E-state index contributed by atoms with van der Waals surface area (Å²) < 4.78 is 5.85. The Morgan fingerprint density at radius 2 is 1.03 bits per heavy atom. The highest BCUT2D eigenvalue weighted by atomic mass is 16.5. The molecule has 152 valence electrons. The van der Waals surface area contributed by atoms with Crippen LogP contribution in [0.5, 0.6) is 5.75 Å². The molecule has 0 saturated carbocycles. The maximum atomic E-state index is 5.85. The monoisotopic (exact) mass is 386 g/mol. The number of rotatable bonds is 8. The van der Waals surface area contributed by atoms with Gasteiger partial charge in [0.2, 0.25) is 0 Å².